The predicted molar refractivity (Wildman–Crippen MR) is 232 cm³/mol. The van der Waals surface area contributed by atoms with Gasteiger partial charge in [-0.15, -0.1) is 0 Å². The molecular weight excluding hydrogens is 671 g/mol. The van der Waals surface area contributed by atoms with E-state index >= 15 is 0 Å². The maximum atomic E-state index is 13.1. The SMILES string of the molecule is CC/C=C/C/C=C/C/C=C/CCCCCCCCC(=O)OC(CCCCCCCCC)CC(=O)NC(CO)C(O)CCCCCCCCCCCCCC. The molecule has 0 heterocycles. The fourth-order valence-electron chi connectivity index (χ4n) is 6.97. The number of rotatable bonds is 41. The molecule has 0 rings (SSSR count). The number of allylic oxidation sites excluding steroid dienone is 6. The van der Waals surface area contributed by atoms with Crippen LogP contribution in [-0.2, 0) is 14.3 Å². The van der Waals surface area contributed by atoms with Crippen LogP contribution in [0.4, 0.5) is 0 Å². The van der Waals surface area contributed by atoms with Gasteiger partial charge in [0.15, 0.2) is 0 Å². The number of nitrogens with one attached hydrogen (secondary N) is 1. The van der Waals surface area contributed by atoms with Crippen molar-refractivity contribution in [2.45, 2.75) is 251 Å². The number of carbonyl (C=O) groups is 2. The van der Waals surface area contributed by atoms with E-state index in [1.807, 2.05) is 0 Å². The normalized spacial score (nSPS) is 13.6. The van der Waals surface area contributed by atoms with Crippen LogP contribution in [0.2, 0.25) is 0 Å². The van der Waals surface area contributed by atoms with Crippen molar-refractivity contribution < 1.29 is 24.5 Å². The molecule has 0 bridgehead atoms. The highest BCUT2D eigenvalue weighted by Gasteiger charge is 2.24. The van der Waals surface area contributed by atoms with Gasteiger partial charge in [-0.05, 0) is 57.8 Å². The molecule has 0 saturated carbocycles. The summed E-state index contributed by atoms with van der Waals surface area (Å²) in [6, 6.07) is -0.698. The fraction of sp³-hybridized carbons (Fsp3) is 0.833. The monoisotopic (exact) mass is 760 g/mol. The van der Waals surface area contributed by atoms with Crippen LogP contribution in [-0.4, -0.2) is 46.9 Å². The third kappa shape index (κ3) is 37.0. The lowest BCUT2D eigenvalue weighted by molar-refractivity contribution is -0.151. The summed E-state index contributed by atoms with van der Waals surface area (Å²) >= 11 is 0. The molecule has 3 unspecified atom stereocenters. The van der Waals surface area contributed by atoms with Crippen LogP contribution in [0, 0.1) is 0 Å². The summed E-state index contributed by atoms with van der Waals surface area (Å²) in [6.45, 7) is 6.33. The van der Waals surface area contributed by atoms with Crippen molar-refractivity contribution in [2.75, 3.05) is 6.61 Å². The largest absolute Gasteiger partial charge is 0.462 e. The van der Waals surface area contributed by atoms with E-state index in [4.69, 9.17) is 4.74 Å². The molecule has 0 radical (unpaired) electrons. The van der Waals surface area contributed by atoms with Crippen LogP contribution >= 0.6 is 0 Å². The first-order chi connectivity index (χ1) is 26.5. The zero-order valence-corrected chi connectivity index (χ0v) is 35.9. The summed E-state index contributed by atoms with van der Waals surface area (Å²) < 4.78 is 5.87. The minimum Gasteiger partial charge on any atom is -0.462 e. The van der Waals surface area contributed by atoms with Gasteiger partial charge in [0.05, 0.1) is 25.2 Å². The number of unbranched alkanes of at least 4 members (excludes halogenated alkanes) is 23. The van der Waals surface area contributed by atoms with E-state index in [1.54, 1.807) is 0 Å². The molecule has 0 aromatic heterocycles. The van der Waals surface area contributed by atoms with Crippen molar-refractivity contribution in [1.82, 2.24) is 5.32 Å². The zero-order chi connectivity index (χ0) is 39.6. The molecule has 6 heteroatoms. The Bertz CT molecular complexity index is 900. The average molecular weight is 760 g/mol. The highest BCUT2D eigenvalue weighted by atomic mass is 16.5. The number of esters is 1. The van der Waals surface area contributed by atoms with Crippen molar-refractivity contribution in [2.24, 2.45) is 0 Å². The standard InChI is InChI=1S/C48H89NO5/c1-4-7-10-13-16-18-20-22-23-24-25-27-29-32-35-38-41-48(53)54-44(39-36-33-30-15-12-9-6-3)42-47(52)49-45(43-50)46(51)40-37-34-31-28-26-21-19-17-14-11-8-5-2/h7,10,16,18,22-23,44-46,50-51H,4-6,8-9,11-15,17,19-21,24-43H2,1-3H3,(H,49,52)/b10-7+,18-16+,23-22+. The van der Waals surface area contributed by atoms with Gasteiger partial charge in [0.2, 0.25) is 5.91 Å². The van der Waals surface area contributed by atoms with Crippen LogP contribution in [0.25, 0.3) is 0 Å². The number of amides is 1. The number of aliphatic hydroxyl groups excluding tert-OH is 2. The zero-order valence-electron chi connectivity index (χ0n) is 35.9. The van der Waals surface area contributed by atoms with Crippen LogP contribution < -0.4 is 5.32 Å². The van der Waals surface area contributed by atoms with Gasteiger partial charge in [0.1, 0.15) is 6.10 Å². The summed E-state index contributed by atoms with van der Waals surface area (Å²) in [5.74, 6) is -0.489. The number of carbonyl (C=O) groups excluding carboxylic acids is 2. The van der Waals surface area contributed by atoms with Crippen molar-refractivity contribution >= 4 is 11.9 Å². The molecule has 6 nitrogen and oxygen atoms in total. The quantitative estimate of drug-likeness (QED) is 0.0328. The van der Waals surface area contributed by atoms with Crippen molar-refractivity contribution in [3.63, 3.8) is 0 Å². The van der Waals surface area contributed by atoms with Gasteiger partial charge in [0, 0.05) is 6.42 Å². The molecule has 0 aliphatic rings. The van der Waals surface area contributed by atoms with Crippen LogP contribution in [0.3, 0.4) is 0 Å². The Balaban J connectivity index is 4.43. The molecule has 0 spiro atoms. The maximum absolute atomic E-state index is 13.1. The first-order valence-corrected chi connectivity index (χ1v) is 23.2. The second-order valence-electron chi connectivity index (χ2n) is 15.8. The first-order valence-electron chi connectivity index (χ1n) is 23.2. The Morgan fingerprint density at radius 1 is 0.556 bits per heavy atom. The topological polar surface area (TPSA) is 95.9 Å². The Kier molecular flexibility index (Phi) is 40.7. The van der Waals surface area contributed by atoms with E-state index in [-0.39, 0.29) is 24.9 Å². The molecule has 0 aliphatic carbocycles. The fourth-order valence-corrected chi connectivity index (χ4v) is 6.97. The molecule has 54 heavy (non-hydrogen) atoms. The van der Waals surface area contributed by atoms with Gasteiger partial charge < -0.3 is 20.3 Å². The van der Waals surface area contributed by atoms with Gasteiger partial charge in [-0.3, -0.25) is 9.59 Å². The van der Waals surface area contributed by atoms with Crippen LogP contribution in [0.5, 0.6) is 0 Å². The Hall–Kier alpha value is -1.92. The second-order valence-corrected chi connectivity index (χ2v) is 15.8. The number of aliphatic hydroxyl groups is 2. The van der Waals surface area contributed by atoms with Crippen molar-refractivity contribution in [3.05, 3.63) is 36.5 Å². The highest BCUT2D eigenvalue weighted by Crippen LogP contribution is 2.17. The lowest BCUT2D eigenvalue weighted by Crippen LogP contribution is -2.46. The third-order valence-corrected chi connectivity index (χ3v) is 10.5. The molecule has 0 saturated heterocycles. The van der Waals surface area contributed by atoms with Gasteiger partial charge in [-0.25, -0.2) is 0 Å². The van der Waals surface area contributed by atoms with Gasteiger partial charge in [-0.1, -0.05) is 198 Å². The van der Waals surface area contributed by atoms with Crippen LogP contribution in [0.1, 0.15) is 233 Å². The first kappa shape index (κ1) is 52.1. The van der Waals surface area contributed by atoms with E-state index in [0.717, 1.165) is 77.0 Å². The lowest BCUT2D eigenvalue weighted by Gasteiger charge is -2.24. The highest BCUT2D eigenvalue weighted by molar-refractivity contribution is 5.77. The van der Waals surface area contributed by atoms with E-state index < -0.39 is 18.2 Å². The Labute approximate surface area is 334 Å². The summed E-state index contributed by atoms with van der Waals surface area (Å²) in [5.41, 5.74) is 0. The molecule has 0 aliphatic heterocycles. The number of hydrogen-bond donors (Lipinski definition) is 3. The average Bonchev–Trinajstić information content (AvgIpc) is 3.16. The molecule has 1 amide bonds. The number of hydrogen-bond acceptors (Lipinski definition) is 5. The van der Waals surface area contributed by atoms with Crippen LogP contribution in [0.15, 0.2) is 36.5 Å². The lowest BCUT2D eigenvalue weighted by atomic mass is 10.0. The van der Waals surface area contributed by atoms with Gasteiger partial charge in [-0.2, -0.15) is 0 Å². The summed E-state index contributed by atoms with van der Waals surface area (Å²) in [7, 11) is 0. The van der Waals surface area contributed by atoms with E-state index in [9.17, 15) is 19.8 Å². The molecule has 3 atom stereocenters. The summed E-state index contributed by atoms with van der Waals surface area (Å²) in [5, 5.41) is 23.6. The molecule has 0 aromatic carbocycles. The Morgan fingerprint density at radius 2 is 1.00 bits per heavy atom. The smallest absolute Gasteiger partial charge is 0.306 e. The van der Waals surface area contributed by atoms with E-state index in [0.29, 0.717) is 19.3 Å². The van der Waals surface area contributed by atoms with E-state index in [2.05, 4.69) is 62.5 Å². The van der Waals surface area contributed by atoms with Gasteiger partial charge >= 0.3 is 5.97 Å². The van der Waals surface area contributed by atoms with Crippen molar-refractivity contribution in [1.29, 1.82) is 0 Å². The Morgan fingerprint density at radius 3 is 1.52 bits per heavy atom. The van der Waals surface area contributed by atoms with E-state index in [1.165, 1.54) is 109 Å². The third-order valence-electron chi connectivity index (χ3n) is 10.5. The molecule has 316 valence electrons. The molecule has 0 fully saturated rings. The molecular formula is C48H89NO5. The number of ether oxygens (including phenoxy) is 1. The molecule has 3 N–H and O–H groups in total. The molecule has 0 aromatic rings. The predicted octanol–water partition coefficient (Wildman–Crippen LogP) is 13.3. The maximum Gasteiger partial charge on any atom is 0.306 e. The second kappa shape index (κ2) is 42.2. The van der Waals surface area contributed by atoms with Crippen molar-refractivity contribution in [3.8, 4) is 0 Å². The minimum absolute atomic E-state index is 0.0738. The minimum atomic E-state index is -0.784. The summed E-state index contributed by atoms with van der Waals surface area (Å²) in [6.07, 6.45) is 47.8. The van der Waals surface area contributed by atoms with Gasteiger partial charge in [0.25, 0.3) is 0 Å². The summed E-state index contributed by atoms with van der Waals surface area (Å²) in [4.78, 5) is 25.9.